The molecule has 2 heterocycles. The van der Waals surface area contributed by atoms with Gasteiger partial charge < -0.3 is 14.5 Å². The normalized spacial score (nSPS) is 21.1. The van der Waals surface area contributed by atoms with Crippen LogP contribution in [0.15, 0.2) is 21.6 Å². The summed E-state index contributed by atoms with van der Waals surface area (Å²) < 4.78 is 36.7. The molecule has 1 N–H and O–H groups in total. The average molecular weight is 288 g/mol. The monoisotopic (exact) mass is 288 g/mol. The van der Waals surface area contributed by atoms with E-state index in [1.165, 1.54) is 10.4 Å². The first kappa shape index (κ1) is 14.5. The highest BCUT2D eigenvalue weighted by Crippen LogP contribution is 2.23. The molecular weight excluding hydrogens is 268 g/mol. The molecule has 0 aliphatic carbocycles. The Kier molecular flexibility index (Phi) is 4.62. The van der Waals surface area contributed by atoms with Gasteiger partial charge >= 0.3 is 0 Å². The lowest BCUT2D eigenvalue weighted by atomic mass is 10.3. The number of nitrogens with one attached hydrogen (secondary N) is 1. The second kappa shape index (κ2) is 6.04. The summed E-state index contributed by atoms with van der Waals surface area (Å²) in [6.07, 6.45) is 0.701. The minimum absolute atomic E-state index is 0.0113. The number of ether oxygens (including phenoxy) is 1. The summed E-state index contributed by atoms with van der Waals surface area (Å²) in [6.45, 7) is 4.19. The fourth-order valence-corrected chi connectivity index (χ4v) is 3.49. The van der Waals surface area contributed by atoms with Crippen LogP contribution in [0, 0.1) is 0 Å². The van der Waals surface area contributed by atoms with Gasteiger partial charge in [-0.2, -0.15) is 4.31 Å². The van der Waals surface area contributed by atoms with E-state index >= 15 is 0 Å². The Morgan fingerprint density at radius 3 is 2.95 bits per heavy atom. The summed E-state index contributed by atoms with van der Waals surface area (Å²) in [7, 11) is -1.93. The Morgan fingerprint density at radius 2 is 2.32 bits per heavy atom. The highest BCUT2D eigenvalue weighted by atomic mass is 32.2. The number of nitrogens with zero attached hydrogens (tertiary/aromatic N) is 1. The molecular formula is C12H20N2O4S. The van der Waals surface area contributed by atoms with Crippen molar-refractivity contribution in [2.45, 2.75) is 31.1 Å². The van der Waals surface area contributed by atoms with E-state index in [2.05, 4.69) is 5.32 Å². The molecule has 19 heavy (non-hydrogen) atoms. The number of hydrogen-bond donors (Lipinski definition) is 1. The van der Waals surface area contributed by atoms with Crippen molar-refractivity contribution in [1.82, 2.24) is 9.62 Å². The molecule has 1 fully saturated rings. The minimum atomic E-state index is -3.53. The van der Waals surface area contributed by atoms with Crippen LogP contribution in [0.3, 0.4) is 0 Å². The van der Waals surface area contributed by atoms with E-state index in [1.54, 1.807) is 13.2 Å². The van der Waals surface area contributed by atoms with E-state index < -0.39 is 10.0 Å². The Morgan fingerprint density at radius 1 is 1.53 bits per heavy atom. The molecule has 1 aliphatic rings. The summed E-state index contributed by atoms with van der Waals surface area (Å²) >= 11 is 0. The third-order valence-corrected chi connectivity index (χ3v) is 4.96. The third-order valence-electron chi connectivity index (χ3n) is 3.22. The highest BCUT2D eigenvalue weighted by molar-refractivity contribution is 7.89. The van der Waals surface area contributed by atoms with Crippen LogP contribution in [-0.4, -0.2) is 45.6 Å². The van der Waals surface area contributed by atoms with Crippen LogP contribution in [0.1, 0.15) is 19.1 Å². The van der Waals surface area contributed by atoms with Crippen molar-refractivity contribution >= 4 is 10.0 Å². The first-order valence-electron chi connectivity index (χ1n) is 6.40. The smallest absolute Gasteiger partial charge is 0.276 e. The molecule has 2 rings (SSSR count). The van der Waals surface area contributed by atoms with Gasteiger partial charge in [0, 0.05) is 20.2 Å². The molecule has 1 atom stereocenters. The molecule has 0 bridgehead atoms. The van der Waals surface area contributed by atoms with Gasteiger partial charge in [0.05, 0.1) is 12.6 Å². The van der Waals surface area contributed by atoms with Gasteiger partial charge in [0.2, 0.25) is 5.09 Å². The van der Waals surface area contributed by atoms with Gasteiger partial charge in [0.25, 0.3) is 10.0 Å². The molecule has 1 saturated heterocycles. The zero-order valence-electron chi connectivity index (χ0n) is 11.3. The second-order valence-corrected chi connectivity index (χ2v) is 6.38. The molecule has 1 aliphatic heterocycles. The van der Waals surface area contributed by atoms with Gasteiger partial charge in [-0.25, -0.2) is 8.42 Å². The lowest BCUT2D eigenvalue weighted by Gasteiger charge is -2.14. The van der Waals surface area contributed by atoms with Crippen molar-refractivity contribution < 1.29 is 17.6 Å². The highest BCUT2D eigenvalue weighted by Gasteiger charge is 2.34. The van der Waals surface area contributed by atoms with E-state index in [4.69, 9.17) is 9.15 Å². The largest absolute Gasteiger partial charge is 0.447 e. The first-order chi connectivity index (χ1) is 9.07. The van der Waals surface area contributed by atoms with Gasteiger partial charge in [-0.3, -0.25) is 0 Å². The molecule has 0 spiro atoms. The SMILES string of the molecule is CCNCc1ccc(S(=O)(=O)N2CCC(OC)C2)o1. The Balaban J connectivity index is 2.09. The topological polar surface area (TPSA) is 71.8 Å². The van der Waals surface area contributed by atoms with Crippen molar-refractivity contribution in [1.29, 1.82) is 0 Å². The molecule has 7 heteroatoms. The van der Waals surface area contributed by atoms with Crippen LogP contribution in [0.5, 0.6) is 0 Å². The van der Waals surface area contributed by atoms with Crippen LogP contribution in [0.25, 0.3) is 0 Å². The van der Waals surface area contributed by atoms with Gasteiger partial charge in [-0.05, 0) is 25.1 Å². The van der Waals surface area contributed by atoms with E-state index in [1.807, 2.05) is 6.92 Å². The number of furan rings is 1. The lowest BCUT2D eigenvalue weighted by molar-refractivity contribution is 0.115. The number of methoxy groups -OCH3 is 1. The maximum Gasteiger partial charge on any atom is 0.276 e. The second-order valence-electron chi connectivity index (χ2n) is 4.51. The molecule has 1 unspecified atom stereocenters. The number of hydrogen-bond acceptors (Lipinski definition) is 5. The zero-order chi connectivity index (χ0) is 13.9. The summed E-state index contributed by atoms with van der Waals surface area (Å²) in [4.78, 5) is 0. The van der Waals surface area contributed by atoms with E-state index in [0.717, 1.165) is 13.0 Å². The van der Waals surface area contributed by atoms with Gasteiger partial charge in [-0.15, -0.1) is 0 Å². The first-order valence-corrected chi connectivity index (χ1v) is 7.84. The van der Waals surface area contributed by atoms with Crippen molar-refractivity contribution in [2.24, 2.45) is 0 Å². The summed E-state index contributed by atoms with van der Waals surface area (Å²) in [5, 5.41) is 3.10. The van der Waals surface area contributed by atoms with Crippen molar-refractivity contribution in [3.8, 4) is 0 Å². The average Bonchev–Trinajstić information content (AvgIpc) is 3.05. The minimum Gasteiger partial charge on any atom is -0.447 e. The van der Waals surface area contributed by atoms with Crippen LogP contribution in [-0.2, 0) is 21.3 Å². The standard InChI is InChI=1S/C12H20N2O4S/c1-3-13-8-10-4-5-12(18-10)19(15,16)14-7-6-11(9-14)17-2/h4-5,11,13H,3,6-9H2,1-2H3. The van der Waals surface area contributed by atoms with Crippen LogP contribution in [0.4, 0.5) is 0 Å². The van der Waals surface area contributed by atoms with Gasteiger partial charge in [0.1, 0.15) is 5.76 Å². The predicted octanol–water partition coefficient (Wildman–Crippen LogP) is 0.798. The summed E-state index contributed by atoms with van der Waals surface area (Å²) in [6, 6.07) is 3.21. The maximum atomic E-state index is 12.3. The molecule has 6 nitrogen and oxygen atoms in total. The lowest BCUT2D eigenvalue weighted by Crippen LogP contribution is -2.29. The fourth-order valence-electron chi connectivity index (χ4n) is 2.08. The molecule has 108 valence electrons. The molecule has 1 aromatic heterocycles. The van der Waals surface area contributed by atoms with Gasteiger partial charge in [0.15, 0.2) is 0 Å². The molecule has 0 amide bonds. The van der Waals surface area contributed by atoms with Crippen molar-refractivity contribution in [2.75, 3.05) is 26.7 Å². The van der Waals surface area contributed by atoms with E-state index in [0.29, 0.717) is 25.4 Å². The molecule has 0 radical (unpaired) electrons. The van der Waals surface area contributed by atoms with E-state index in [9.17, 15) is 8.42 Å². The molecule has 0 aromatic carbocycles. The predicted molar refractivity (Wildman–Crippen MR) is 70.3 cm³/mol. The van der Waals surface area contributed by atoms with Gasteiger partial charge in [-0.1, -0.05) is 6.92 Å². The Labute approximate surface area is 113 Å². The van der Waals surface area contributed by atoms with Crippen molar-refractivity contribution in [3.63, 3.8) is 0 Å². The zero-order valence-corrected chi connectivity index (χ0v) is 12.1. The Bertz CT molecular complexity index is 512. The summed E-state index contributed by atoms with van der Waals surface area (Å²) in [5.74, 6) is 0.628. The van der Waals surface area contributed by atoms with Crippen molar-refractivity contribution in [3.05, 3.63) is 17.9 Å². The molecule has 0 saturated carbocycles. The van der Waals surface area contributed by atoms with Crippen LogP contribution < -0.4 is 5.32 Å². The van der Waals surface area contributed by atoms with Crippen LogP contribution >= 0.6 is 0 Å². The quantitative estimate of drug-likeness (QED) is 0.838. The van der Waals surface area contributed by atoms with E-state index in [-0.39, 0.29) is 11.2 Å². The van der Waals surface area contributed by atoms with Crippen LogP contribution in [0.2, 0.25) is 0 Å². The molecule has 1 aromatic rings. The third kappa shape index (κ3) is 3.17. The summed E-state index contributed by atoms with van der Waals surface area (Å²) in [5.41, 5.74) is 0. The number of rotatable bonds is 6. The maximum absolute atomic E-state index is 12.3. The Hall–Kier alpha value is -0.890. The number of sulfonamides is 1. The fraction of sp³-hybridized carbons (Fsp3) is 0.667.